The molecule has 0 unspecified atom stereocenters. The Kier molecular flexibility index (Phi) is 2.92. The highest BCUT2D eigenvalue weighted by Gasteiger charge is 2.06. The molecule has 3 rings (SSSR count). The Hall–Kier alpha value is -2.34. The van der Waals surface area contributed by atoms with Crippen molar-refractivity contribution in [3.63, 3.8) is 0 Å². The molecule has 0 radical (unpaired) electrons. The fourth-order valence-electron chi connectivity index (χ4n) is 1.88. The second-order valence-electron chi connectivity index (χ2n) is 4.04. The van der Waals surface area contributed by atoms with Gasteiger partial charge in [-0.05, 0) is 36.5 Å². The van der Waals surface area contributed by atoms with Gasteiger partial charge in [-0.15, -0.1) is 0 Å². The fourth-order valence-corrected chi connectivity index (χ4v) is 2.13. The molecule has 0 aliphatic rings. The van der Waals surface area contributed by atoms with E-state index in [-0.39, 0.29) is 5.56 Å². The van der Waals surface area contributed by atoms with E-state index in [0.29, 0.717) is 22.3 Å². The molecule has 5 nitrogen and oxygen atoms in total. The molecule has 0 spiro atoms. The van der Waals surface area contributed by atoms with Crippen LogP contribution >= 0.6 is 12.2 Å². The molecule has 0 fully saturated rings. The van der Waals surface area contributed by atoms with Gasteiger partial charge in [-0.3, -0.25) is 14.3 Å². The number of hydrogen-bond donors (Lipinski definition) is 1. The second-order valence-corrected chi connectivity index (χ2v) is 4.43. The van der Waals surface area contributed by atoms with Gasteiger partial charge in [0, 0.05) is 12.4 Å². The molecule has 3 aromatic heterocycles. The molecule has 3 aromatic rings. The maximum atomic E-state index is 12.4. The van der Waals surface area contributed by atoms with E-state index in [2.05, 4.69) is 15.0 Å². The van der Waals surface area contributed by atoms with Crippen LogP contribution in [-0.4, -0.2) is 19.5 Å². The summed E-state index contributed by atoms with van der Waals surface area (Å²) in [6, 6.07) is 9.02. The molecule has 94 valence electrons. The van der Waals surface area contributed by atoms with Crippen LogP contribution in [0.4, 0.5) is 0 Å². The van der Waals surface area contributed by atoms with Crippen molar-refractivity contribution in [3.05, 3.63) is 63.5 Å². The molecule has 0 saturated heterocycles. The highest BCUT2D eigenvalue weighted by molar-refractivity contribution is 7.71. The normalized spacial score (nSPS) is 10.7. The Morgan fingerprint density at radius 3 is 2.79 bits per heavy atom. The van der Waals surface area contributed by atoms with E-state index in [9.17, 15) is 4.79 Å². The van der Waals surface area contributed by atoms with E-state index in [4.69, 9.17) is 12.2 Å². The van der Waals surface area contributed by atoms with Gasteiger partial charge in [0.2, 0.25) is 0 Å². The van der Waals surface area contributed by atoms with E-state index >= 15 is 0 Å². The molecular formula is C13H10N4OS. The molecule has 0 saturated carbocycles. The third-order valence-corrected chi connectivity index (χ3v) is 3.12. The lowest BCUT2D eigenvalue weighted by Crippen LogP contribution is -2.23. The lowest BCUT2D eigenvalue weighted by atomic mass is 10.3. The quantitative estimate of drug-likeness (QED) is 0.722. The van der Waals surface area contributed by atoms with Gasteiger partial charge in [-0.1, -0.05) is 6.07 Å². The molecular weight excluding hydrogens is 260 g/mol. The van der Waals surface area contributed by atoms with Crippen LogP contribution in [-0.2, 0) is 6.54 Å². The molecule has 0 bridgehead atoms. The third-order valence-electron chi connectivity index (χ3n) is 2.80. The highest BCUT2D eigenvalue weighted by atomic mass is 32.1. The molecule has 0 amide bonds. The van der Waals surface area contributed by atoms with Gasteiger partial charge >= 0.3 is 0 Å². The van der Waals surface area contributed by atoms with Crippen molar-refractivity contribution in [2.75, 3.05) is 0 Å². The number of hydrogen-bond acceptors (Lipinski definition) is 4. The molecule has 0 atom stereocenters. The maximum Gasteiger partial charge on any atom is 0.264 e. The summed E-state index contributed by atoms with van der Waals surface area (Å²) in [5.41, 5.74) is 1.14. The van der Waals surface area contributed by atoms with Crippen molar-refractivity contribution in [1.82, 2.24) is 19.5 Å². The molecule has 0 aliphatic carbocycles. The number of nitrogens with zero attached hydrogens (tertiary/aromatic N) is 3. The molecule has 0 aromatic carbocycles. The van der Waals surface area contributed by atoms with Crippen LogP contribution in [0.1, 0.15) is 5.69 Å². The van der Waals surface area contributed by atoms with E-state index in [1.165, 1.54) is 4.57 Å². The lowest BCUT2D eigenvalue weighted by Gasteiger charge is -2.06. The van der Waals surface area contributed by atoms with Crippen molar-refractivity contribution < 1.29 is 0 Å². The van der Waals surface area contributed by atoms with Crippen molar-refractivity contribution in [2.45, 2.75) is 6.54 Å². The first kappa shape index (κ1) is 11.7. The number of aromatic amines is 1. The summed E-state index contributed by atoms with van der Waals surface area (Å²) in [5.74, 6) is 0. The standard InChI is InChI=1S/C13H10N4OS/c18-12-10-5-3-7-15-11(10)16-13(19)17(12)8-9-4-1-2-6-14-9/h1-7H,8H2,(H,15,16,19). The summed E-state index contributed by atoms with van der Waals surface area (Å²) in [7, 11) is 0. The van der Waals surface area contributed by atoms with Gasteiger partial charge in [0.25, 0.3) is 5.56 Å². The van der Waals surface area contributed by atoms with E-state index < -0.39 is 0 Å². The van der Waals surface area contributed by atoms with Crippen LogP contribution in [0.3, 0.4) is 0 Å². The first-order chi connectivity index (χ1) is 9.25. The van der Waals surface area contributed by atoms with Gasteiger partial charge < -0.3 is 4.98 Å². The largest absolute Gasteiger partial charge is 0.316 e. The summed E-state index contributed by atoms with van der Waals surface area (Å²) >= 11 is 5.21. The van der Waals surface area contributed by atoms with Crippen LogP contribution in [0.15, 0.2) is 47.5 Å². The predicted molar refractivity (Wildman–Crippen MR) is 74.5 cm³/mol. The third kappa shape index (κ3) is 2.17. The van der Waals surface area contributed by atoms with Crippen LogP contribution in [0.25, 0.3) is 11.0 Å². The zero-order chi connectivity index (χ0) is 13.2. The summed E-state index contributed by atoms with van der Waals surface area (Å²) in [6.45, 7) is 0.347. The number of pyridine rings is 2. The average Bonchev–Trinajstić information content (AvgIpc) is 2.45. The van der Waals surface area contributed by atoms with E-state index in [1.54, 1.807) is 24.5 Å². The minimum Gasteiger partial charge on any atom is -0.316 e. The maximum absolute atomic E-state index is 12.4. The summed E-state index contributed by atoms with van der Waals surface area (Å²) in [6.07, 6.45) is 3.31. The molecule has 0 aliphatic heterocycles. The summed E-state index contributed by atoms with van der Waals surface area (Å²) in [4.78, 5) is 23.6. The Labute approximate surface area is 113 Å². The van der Waals surface area contributed by atoms with Gasteiger partial charge in [-0.25, -0.2) is 4.98 Å². The number of H-pyrrole nitrogens is 1. The highest BCUT2D eigenvalue weighted by Crippen LogP contribution is 2.04. The minimum absolute atomic E-state index is 0.155. The minimum atomic E-state index is -0.155. The summed E-state index contributed by atoms with van der Waals surface area (Å²) < 4.78 is 1.84. The predicted octanol–water partition coefficient (Wildman–Crippen LogP) is 1.90. The Balaban J connectivity index is 2.19. The van der Waals surface area contributed by atoms with Crippen molar-refractivity contribution in [3.8, 4) is 0 Å². The Bertz CT molecular complexity index is 838. The first-order valence-corrected chi connectivity index (χ1v) is 6.14. The topological polar surface area (TPSA) is 63.6 Å². The van der Waals surface area contributed by atoms with E-state index in [0.717, 1.165) is 5.69 Å². The number of fused-ring (bicyclic) bond motifs is 1. The Morgan fingerprint density at radius 2 is 2.00 bits per heavy atom. The lowest BCUT2D eigenvalue weighted by molar-refractivity contribution is 0.715. The molecule has 19 heavy (non-hydrogen) atoms. The molecule has 6 heteroatoms. The zero-order valence-electron chi connectivity index (χ0n) is 9.91. The number of rotatable bonds is 2. The van der Waals surface area contributed by atoms with Crippen molar-refractivity contribution >= 4 is 23.3 Å². The van der Waals surface area contributed by atoms with Gasteiger partial charge in [0.05, 0.1) is 17.6 Å². The zero-order valence-corrected chi connectivity index (χ0v) is 10.7. The molecule has 3 heterocycles. The van der Waals surface area contributed by atoms with Crippen LogP contribution in [0.2, 0.25) is 0 Å². The second kappa shape index (κ2) is 4.74. The average molecular weight is 270 g/mol. The SMILES string of the molecule is O=c1c2cccnc2[nH]c(=S)n1Cc1ccccn1. The van der Waals surface area contributed by atoms with Crippen LogP contribution < -0.4 is 5.56 Å². The monoisotopic (exact) mass is 270 g/mol. The van der Waals surface area contributed by atoms with Gasteiger partial charge in [0.15, 0.2) is 4.77 Å². The van der Waals surface area contributed by atoms with Crippen LogP contribution in [0.5, 0.6) is 0 Å². The van der Waals surface area contributed by atoms with Crippen LogP contribution in [0, 0.1) is 4.77 Å². The fraction of sp³-hybridized carbons (Fsp3) is 0.0769. The first-order valence-electron chi connectivity index (χ1n) is 5.73. The van der Waals surface area contributed by atoms with E-state index in [1.807, 2.05) is 18.2 Å². The Morgan fingerprint density at radius 1 is 1.16 bits per heavy atom. The number of nitrogens with one attached hydrogen (secondary N) is 1. The van der Waals surface area contributed by atoms with Gasteiger partial charge in [-0.2, -0.15) is 0 Å². The number of aromatic nitrogens is 4. The van der Waals surface area contributed by atoms with Crippen molar-refractivity contribution in [1.29, 1.82) is 0 Å². The van der Waals surface area contributed by atoms with Crippen molar-refractivity contribution in [2.24, 2.45) is 0 Å². The smallest absolute Gasteiger partial charge is 0.264 e. The van der Waals surface area contributed by atoms with Gasteiger partial charge in [0.1, 0.15) is 5.65 Å². The summed E-state index contributed by atoms with van der Waals surface area (Å²) in [5, 5.41) is 0.520. The molecule has 1 N–H and O–H groups in total.